The summed E-state index contributed by atoms with van der Waals surface area (Å²) < 4.78 is 0. The van der Waals surface area contributed by atoms with Gasteiger partial charge in [-0.25, -0.2) is 9.97 Å². The Labute approximate surface area is 177 Å². The lowest BCUT2D eigenvalue weighted by molar-refractivity contribution is 0.0955. The average Bonchev–Trinajstić information content (AvgIpc) is 3.23. The van der Waals surface area contributed by atoms with E-state index in [9.17, 15) is 9.59 Å². The lowest BCUT2D eigenvalue weighted by Gasteiger charge is -2.15. The molecular weight excluding hydrogens is 394 g/mol. The van der Waals surface area contributed by atoms with Crippen molar-refractivity contribution in [2.45, 2.75) is 13.8 Å². The number of rotatable bonds is 5. The van der Waals surface area contributed by atoms with Crippen LogP contribution in [0.2, 0.25) is 0 Å². The third-order valence-corrected chi connectivity index (χ3v) is 5.00. The second-order valence-electron chi connectivity index (χ2n) is 7.02. The Kier molecular flexibility index (Phi) is 5.08. The number of H-pyrrole nitrogens is 1. The summed E-state index contributed by atoms with van der Waals surface area (Å²) in [5.41, 5.74) is 15.4. The number of nitrogens with one attached hydrogen (secondary N) is 2. The molecule has 4 rings (SSSR count). The van der Waals surface area contributed by atoms with Crippen LogP contribution < -0.4 is 16.8 Å². The van der Waals surface area contributed by atoms with E-state index < -0.39 is 5.91 Å². The lowest BCUT2D eigenvalue weighted by Crippen LogP contribution is -2.24. The molecule has 2 amide bonds. The number of nitrogens with zero attached hydrogens (tertiary/aromatic N) is 3. The largest absolute Gasteiger partial charge is 0.395 e. The monoisotopic (exact) mass is 415 g/mol. The molecule has 9 heteroatoms. The third-order valence-electron chi connectivity index (χ3n) is 5.00. The fraction of sp³-hybridized carbons (Fsp3) is 0.136. The van der Waals surface area contributed by atoms with Crippen molar-refractivity contribution in [2.75, 3.05) is 12.3 Å². The van der Waals surface area contributed by atoms with Crippen molar-refractivity contribution in [3.63, 3.8) is 0 Å². The standard InChI is InChI=1S/C22H21N7O2/c1-3-25-22(31)13-7-5-4-6-12(13)21-27-18(17(23)19(28-21)20(24)30)16-11(2)8-9-15-14(16)10-26-29-15/h4-10H,3,23H2,1-2H3,(H2,24,30)(H,25,31)(H,26,29). The van der Waals surface area contributed by atoms with Gasteiger partial charge in [0.15, 0.2) is 11.5 Å². The molecule has 0 bridgehead atoms. The zero-order valence-corrected chi connectivity index (χ0v) is 17.1. The fourth-order valence-electron chi connectivity index (χ4n) is 3.54. The van der Waals surface area contributed by atoms with Crippen LogP contribution in [0.1, 0.15) is 33.3 Å². The van der Waals surface area contributed by atoms with Gasteiger partial charge in [-0.3, -0.25) is 14.7 Å². The van der Waals surface area contributed by atoms with Crippen molar-refractivity contribution in [2.24, 2.45) is 5.73 Å². The predicted octanol–water partition coefficient (Wildman–Crippen LogP) is 2.43. The summed E-state index contributed by atoms with van der Waals surface area (Å²) in [6.45, 7) is 4.21. The number of nitrogen functional groups attached to an aromatic ring is 1. The van der Waals surface area contributed by atoms with E-state index in [4.69, 9.17) is 11.5 Å². The van der Waals surface area contributed by atoms with Gasteiger partial charge in [-0.15, -0.1) is 0 Å². The molecule has 2 aromatic carbocycles. The molecule has 0 saturated heterocycles. The van der Waals surface area contributed by atoms with Crippen molar-refractivity contribution in [3.05, 3.63) is 59.4 Å². The van der Waals surface area contributed by atoms with E-state index in [0.717, 1.165) is 16.5 Å². The molecule has 0 fully saturated rings. The molecule has 0 spiro atoms. The molecule has 6 N–H and O–H groups in total. The second kappa shape index (κ2) is 7.86. The van der Waals surface area contributed by atoms with Crippen LogP contribution in [0.3, 0.4) is 0 Å². The van der Waals surface area contributed by atoms with E-state index in [1.807, 2.05) is 26.0 Å². The van der Waals surface area contributed by atoms with Gasteiger partial charge in [0.25, 0.3) is 11.8 Å². The summed E-state index contributed by atoms with van der Waals surface area (Å²) in [5, 5.41) is 10.6. The Morgan fingerprint density at radius 2 is 1.90 bits per heavy atom. The molecule has 156 valence electrons. The van der Waals surface area contributed by atoms with Crippen molar-refractivity contribution in [3.8, 4) is 22.6 Å². The highest BCUT2D eigenvalue weighted by molar-refractivity contribution is 6.05. The van der Waals surface area contributed by atoms with Gasteiger partial charge < -0.3 is 16.8 Å². The van der Waals surface area contributed by atoms with Gasteiger partial charge in [-0.05, 0) is 31.5 Å². The molecule has 4 aromatic rings. The maximum absolute atomic E-state index is 12.6. The highest BCUT2D eigenvalue weighted by Crippen LogP contribution is 2.36. The number of hydrogen-bond donors (Lipinski definition) is 4. The molecule has 9 nitrogen and oxygen atoms in total. The Hall–Kier alpha value is -4.27. The average molecular weight is 415 g/mol. The molecule has 31 heavy (non-hydrogen) atoms. The molecule has 0 radical (unpaired) electrons. The van der Waals surface area contributed by atoms with Crippen LogP contribution in [0, 0.1) is 6.92 Å². The Morgan fingerprint density at radius 3 is 2.65 bits per heavy atom. The number of benzene rings is 2. The molecule has 0 aliphatic rings. The van der Waals surface area contributed by atoms with Crippen LogP contribution >= 0.6 is 0 Å². The van der Waals surface area contributed by atoms with E-state index in [1.54, 1.807) is 30.5 Å². The van der Waals surface area contributed by atoms with Crippen LogP contribution in [0.5, 0.6) is 0 Å². The fourth-order valence-corrected chi connectivity index (χ4v) is 3.54. The van der Waals surface area contributed by atoms with Crippen LogP contribution in [-0.2, 0) is 0 Å². The lowest BCUT2D eigenvalue weighted by atomic mass is 9.98. The number of fused-ring (bicyclic) bond motifs is 1. The number of amides is 2. The number of anilines is 1. The van der Waals surface area contributed by atoms with Gasteiger partial charge in [0.05, 0.1) is 28.7 Å². The van der Waals surface area contributed by atoms with Gasteiger partial charge in [0.2, 0.25) is 0 Å². The normalized spacial score (nSPS) is 10.9. The van der Waals surface area contributed by atoms with E-state index in [1.165, 1.54) is 0 Å². The topological polar surface area (TPSA) is 153 Å². The van der Waals surface area contributed by atoms with Crippen molar-refractivity contribution >= 4 is 28.4 Å². The van der Waals surface area contributed by atoms with Crippen LogP contribution in [0.4, 0.5) is 5.69 Å². The summed E-state index contributed by atoms with van der Waals surface area (Å²) in [6, 6.07) is 10.7. The van der Waals surface area contributed by atoms with Gasteiger partial charge in [-0.2, -0.15) is 5.10 Å². The SMILES string of the molecule is CCNC(=O)c1ccccc1-c1nc(C(N)=O)c(N)c(-c2c(C)ccc3[nH]ncc23)n1. The van der Waals surface area contributed by atoms with Gasteiger partial charge >= 0.3 is 0 Å². The van der Waals surface area contributed by atoms with Crippen molar-refractivity contribution in [1.29, 1.82) is 0 Å². The first-order chi connectivity index (χ1) is 14.9. The zero-order valence-electron chi connectivity index (χ0n) is 17.1. The minimum Gasteiger partial charge on any atom is -0.395 e. The molecule has 0 unspecified atom stereocenters. The highest BCUT2D eigenvalue weighted by Gasteiger charge is 2.23. The summed E-state index contributed by atoms with van der Waals surface area (Å²) in [7, 11) is 0. The minimum absolute atomic E-state index is 0.0727. The Morgan fingerprint density at radius 1 is 1.13 bits per heavy atom. The number of carbonyl (C=O) groups is 2. The van der Waals surface area contributed by atoms with Gasteiger partial charge in [-0.1, -0.05) is 24.3 Å². The zero-order chi connectivity index (χ0) is 22.1. The van der Waals surface area contributed by atoms with E-state index >= 15 is 0 Å². The van der Waals surface area contributed by atoms with E-state index in [2.05, 4.69) is 25.5 Å². The predicted molar refractivity (Wildman–Crippen MR) is 118 cm³/mol. The molecule has 0 saturated carbocycles. The first-order valence-electron chi connectivity index (χ1n) is 9.70. The Bertz CT molecular complexity index is 1330. The van der Waals surface area contributed by atoms with Crippen molar-refractivity contribution in [1.82, 2.24) is 25.5 Å². The number of carbonyl (C=O) groups excluding carboxylic acids is 2. The minimum atomic E-state index is -0.782. The van der Waals surface area contributed by atoms with Gasteiger partial charge in [0, 0.05) is 23.1 Å². The smallest absolute Gasteiger partial charge is 0.269 e. The van der Waals surface area contributed by atoms with Crippen LogP contribution in [0.15, 0.2) is 42.6 Å². The first kappa shape index (κ1) is 20.0. The highest BCUT2D eigenvalue weighted by atomic mass is 16.2. The van der Waals surface area contributed by atoms with Crippen LogP contribution in [-0.4, -0.2) is 38.5 Å². The molecule has 0 aliphatic heterocycles. The second-order valence-corrected chi connectivity index (χ2v) is 7.02. The third kappa shape index (κ3) is 3.46. The van der Waals surface area contributed by atoms with Gasteiger partial charge in [0.1, 0.15) is 0 Å². The van der Waals surface area contributed by atoms with E-state index in [-0.39, 0.29) is 23.1 Å². The number of nitrogens with two attached hydrogens (primary N) is 2. The van der Waals surface area contributed by atoms with Crippen molar-refractivity contribution < 1.29 is 9.59 Å². The quantitative estimate of drug-likeness (QED) is 0.393. The summed E-state index contributed by atoms with van der Waals surface area (Å²) in [6.07, 6.45) is 1.67. The summed E-state index contributed by atoms with van der Waals surface area (Å²) in [4.78, 5) is 33.7. The Balaban J connectivity index is 2.03. The molecule has 2 aromatic heterocycles. The molecular formula is C22H21N7O2. The molecule has 0 atom stereocenters. The molecule has 0 aliphatic carbocycles. The maximum atomic E-state index is 12.6. The van der Waals surface area contributed by atoms with Crippen LogP contribution in [0.25, 0.3) is 33.5 Å². The number of primary amides is 1. The number of aryl methyl sites for hydroxylation is 1. The maximum Gasteiger partial charge on any atom is 0.269 e. The molecule has 2 heterocycles. The summed E-state index contributed by atoms with van der Waals surface area (Å²) >= 11 is 0. The summed E-state index contributed by atoms with van der Waals surface area (Å²) in [5.74, 6) is -0.872. The number of aromatic nitrogens is 4. The number of hydrogen-bond acceptors (Lipinski definition) is 6. The first-order valence-corrected chi connectivity index (χ1v) is 9.70. The van der Waals surface area contributed by atoms with E-state index in [0.29, 0.717) is 28.9 Å². The number of aromatic amines is 1.